The molecule has 0 fully saturated rings. The Labute approximate surface area is 165 Å². The highest BCUT2D eigenvalue weighted by molar-refractivity contribution is 7.92. The maximum atomic E-state index is 14.5. The van der Waals surface area contributed by atoms with Crippen LogP contribution in [-0.2, 0) is 10.0 Å². The van der Waals surface area contributed by atoms with Gasteiger partial charge >= 0.3 is 5.97 Å². The normalized spacial score (nSPS) is 11.1. The SMILES string of the molecule is COc1cccc(-c2cncc(S(=O)(=O)Nc3ccc(C(=O)O)c(O)c3)c2)c1F. The largest absolute Gasteiger partial charge is 0.507 e. The predicted molar refractivity (Wildman–Crippen MR) is 102 cm³/mol. The molecule has 0 bridgehead atoms. The highest BCUT2D eigenvalue weighted by atomic mass is 32.2. The number of benzene rings is 2. The zero-order valence-corrected chi connectivity index (χ0v) is 15.8. The van der Waals surface area contributed by atoms with Gasteiger partial charge in [0.1, 0.15) is 16.2 Å². The number of pyridine rings is 1. The summed E-state index contributed by atoms with van der Waals surface area (Å²) in [7, 11) is -2.83. The van der Waals surface area contributed by atoms with Crippen LogP contribution < -0.4 is 9.46 Å². The quantitative estimate of drug-likeness (QED) is 0.561. The third-order valence-electron chi connectivity index (χ3n) is 4.00. The van der Waals surface area contributed by atoms with Gasteiger partial charge in [-0.3, -0.25) is 9.71 Å². The average Bonchev–Trinajstić information content (AvgIpc) is 2.68. The van der Waals surface area contributed by atoms with Gasteiger partial charge < -0.3 is 14.9 Å². The average molecular weight is 418 g/mol. The molecule has 0 aliphatic rings. The van der Waals surface area contributed by atoms with E-state index >= 15 is 0 Å². The fourth-order valence-corrected chi connectivity index (χ4v) is 3.63. The van der Waals surface area contributed by atoms with Crippen LogP contribution in [0.1, 0.15) is 10.4 Å². The summed E-state index contributed by atoms with van der Waals surface area (Å²) >= 11 is 0. The number of aromatic carboxylic acids is 1. The van der Waals surface area contributed by atoms with Gasteiger partial charge in [0.25, 0.3) is 10.0 Å². The summed E-state index contributed by atoms with van der Waals surface area (Å²) in [6.45, 7) is 0. The molecule has 3 N–H and O–H groups in total. The monoisotopic (exact) mass is 418 g/mol. The van der Waals surface area contributed by atoms with E-state index in [2.05, 4.69) is 9.71 Å². The number of phenols is 1. The van der Waals surface area contributed by atoms with Gasteiger partial charge in [-0.15, -0.1) is 0 Å². The molecule has 0 aliphatic carbocycles. The van der Waals surface area contributed by atoms with Gasteiger partial charge in [-0.2, -0.15) is 0 Å². The second-order valence-corrected chi connectivity index (χ2v) is 7.56. The predicted octanol–water partition coefficient (Wildman–Crippen LogP) is 3.10. The molecule has 150 valence electrons. The number of aromatic hydroxyl groups is 1. The molecular formula is C19H15FN2O6S. The molecule has 0 aliphatic heterocycles. The maximum absolute atomic E-state index is 14.5. The zero-order valence-electron chi connectivity index (χ0n) is 15.0. The van der Waals surface area contributed by atoms with Gasteiger partial charge in [-0.05, 0) is 24.3 Å². The van der Waals surface area contributed by atoms with Crippen LogP contribution in [0.2, 0.25) is 0 Å². The number of ether oxygens (including phenoxy) is 1. The zero-order chi connectivity index (χ0) is 21.2. The van der Waals surface area contributed by atoms with Crippen molar-refractivity contribution < 1.29 is 32.6 Å². The van der Waals surface area contributed by atoms with Crippen molar-refractivity contribution in [2.45, 2.75) is 4.90 Å². The van der Waals surface area contributed by atoms with Crippen LogP contribution in [0, 0.1) is 5.82 Å². The number of carboxylic acid groups (broad SMARTS) is 1. The van der Waals surface area contributed by atoms with Crippen LogP contribution in [-0.4, -0.2) is 36.7 Å². The van der Waals surface area contributed by atoms with E-state index in [4.69, 9.17) is 9.84 Å². The Balaban J connectivity index is 1.96. The third-order valence-corrected chi connectivity index (χ3v) is 5.35. The molecule has 1 heterocycles. The lowest BCUT2D eigenvalue weighted by Gasteiger charge is -2.11. The van der Waals surface area contributed by atoms with Crippen LogP contribution in [0.5, 0.6) is 11.5 Å². The highest BCUT2D eigenvalue weighted by Crippen LogP contribution is 2.30. The molecule has 0 spiro atoms. The van der Waals surface area contributed by atoms with E-state index in [0.29, 0.717) is 0 Å². The van der Waals surface area contributed by atoms with Crippen molar-refractivity contribution in [3.63, 3.8) is 0 Å². The molecule has 3 rings (SSSR count). The Morgan fingerprint density at radius 2 is 1.93 bits per heavy atom. The smallest absolute Gasteiger partial charge is 0.339 e. The summed E-state index contributed by atoms with van der Waals surface area (Å²) in [5, 5.41) is 18.6. The van der Waals surface area contributed by atoms with Crippen molar-refractivity contribution in [2.75, 3.05) is 11.8 Å². The van der Waals surface area contributed by atoms with E-state index < -0.39 is 27.6 Å². The number of methoxy groups -OCH3 is 1. The van der Waals surface area contributed by atoms with Gasteiger partial charge in [0, 0.05) is 29.6 Å². The Bertz CT molecular complexity index is 1200. The van der Waals surface area contributed by atoms with Crippen molar-refractivity contribution in [2.24, 2.45) is 0 Å². The molecule has 8 nitrogen and oxygen atoms in total. The van der Waals surface area contributed by atoms with E-state index in [0.717, 1.165) is 18.3 Å². The lowest BCUT2D eigenvalue weighted by atomic mass is 10.1. The highest BCUT2D eigenvalue weighted by Gasteiger charge is 2.19. The number of rotatable bonds is 6. The summed E-state index contributed by atoms with van der Waals surface area (Å²) in [6, 6.07) is 8.92. The minimum Gasteiger partial charge on any atom is -0.507 e. The van der Waals surface area contributed by atoms with Gasteiger partial charge in [-0.1, -0.05) is 12.1 Å². The van der Waals surface area contributed by atoms with Crippen LogP contribution in [0.15, 0.2) is 59.8 Å². The maximum Gasteiger partial charge on any atom is 0.339 e. The minimum absolute atomic E-state index is 0.00267. The number of sulfonamides is 1. The van der Waals surface area contributed by atoms with Crippen molar-refractivity contribution >= 4 is 21.7 Å². The van der Waals surface area contributed by atoms with Gasteiger partial charge in [-0.25, -0.2) is 17.6 Å². The molecule has 2 aromatic carbocycles. The molecule has 0 amide bonds. The van der Waals surface area contributed by atoms with Crippen LogP contribution in [0.4, 0.5) is 10.1 Å². The van der Waals surface area contributed by atoms with E-state index in [-0.39, 0.29) is 33.0 Å². The second kappa shape index (κ2) is 7.76. The minimum atomic E-state index is -4.15. The van der Waals surface area contributed by atoms with Gasteiger partial charge in [0.05, 0.1) is 12.8 Å². The fourth-order valence-electron chi connectivity index (χ4n) is 2.59. The number of carboxylic acids is 1. The first-order chi connectivity index (χ1) is 13.7. The van der Waals surface area contributed by atoms with Gasteiger partial charge in [0.15, 0.2) is 11.6 Å². The number of carbonyl (C=O) groups is 1. The molecule has 0 radical (unpaired) electrons. The molecule has 3 aromatic rings. The van der Waals surface area contributed by atoms with Crippen molar-refractivity contribution in [1.29, 1.82) is 0 Å². The van der Waals surface area contributed by atoms with Crippen LogP contribution in [0.3, 0.4) is 0 Å². The summed E-state index contributed by atoms with van der Waals surface area (Å²) in [5.74, 6) is -2.60. The van der Waals surface area contributed by atoms with Crippen molar-refractivity contribution in [1.82, 2.24) is 4.98 Å². The van der Waals surface area contributed by atoms with E-state index in [1.807, 2.05) is 0 Å². The molecule has 0 saturated heterocycles. The Hall–Kier alpha value is -3.66. The lowest BCUT2D eigenvalue weighted by molar-refractivity contribution is 0.0693. The lowest BCUT2D eigenvalue weighted by Crippen LogP contribution is -2.13. The second-order valence-electron chi connectivity index (χ2n) is 5.87. The fraction of sp³-hybridized carbons (Fsp3) is 0.0526. The molecule has 0 atom stereocenters. The number of nitrogens with zero attached hydrogens (tertiary/aromatic N) is 1. The number of nitrogens with one attached hydrogen (secondary N) is 1. The van der Waals surface area contributed by atoms with E-state index in [1.165, 1.54) is 37.6 Å². The molecule has 10 heteroatoms. The number of anilines is 1. The van der Waals surface area contributed by atoms with Gasteiger partial charge in [0.2, 0.25) is 0 Å². The topological polar surface area (TPSA) is 126 Å². The molecule has 29 heavy (non-hydrogen) atoms. The first-order valence-electron chi connectivity index (χ1n) is 8.10. The number of hydrogen-bond donors (Lipinski definition) is 3. The first-order valence-corrected chi connectivity index (χ1v) is 9.58. The van der Waals surface area contributed by atoms with Crippen molar-refractivity contribution in [3.05, 3.63) is 66.2 Å². The molecule has 0 saturated carbocycles. The first kappa shape index (κ1) is 20.1. The number of halogens is 1. The standard InChI is InChI=1S/C19H15FN2O6S/c1-28-17-4-2-3-14(18(17)20)11-7-13(10-21-9-11)29(26,27)22-12-5-6-15(19(24)25)16(23)8-12/h2-10,22-23H,1H3,(H,24,25). The summed E-state index contributed by atoms with van der Waals surface area (Å²) in [6.07, 6.45) is 2.39. The summed E-state index contributed by atoms with van der Waals surface area (Å²) < 4.78 is 46.9. The molecular weight excluding hydrogens is 403 g/mol. The molecule has 1 aromatic heterocycles. The van der Waals surface area contributed by atoms with Crippen molar-refractivity contribution in [3.8, 4) is 22.6 Å². The Morgan fingerprint density at radius 3 is 2.59 bits per heavy atom. The number of aromatic nitrogens is 1. The Morgan fingerprint density at radius 1 is 1.17 bits per heavy atom. The third kappa shape index (κ3) is 4.11. The summed E-state index contributed by atoms with van der Waals surface area (Å²) in [5.41, 5.74) is -0.0960. The van der Waals surface area contributed by atoms with Crippen LogP contribution in [0.25, 0.3) is 11.1 Å². The van der Waals surface area contributed by atoms with E-state index in [9.17, 15) is 22.7 Å². The van der Waals surface area contributed by atoms with E-state index in [1.54, 1.807) is 6.07 Å². The Kier molecular flexibility index (Phi) is 5.37. The summed E-state index contributed by atoms with van der Waals surface area (Å²) in [4.78, 5) is 14.6. The molecule has 0 unspecified atom stereocenters. The van der Waals surface area contributed by atoms with Crippen LogP contribution >= 0.6 is 0 Å². The number of hydrogen-bond acceptors (Lipinski definition) is 6.